The predicted octanol–water partition coefficient (Wildman–Crippen LogP) is 1.54. The lowest BCUT2D eigenvalue weighted by molar-refractivity contribution is -0.692. The smallest absolute Gasteiger partial charge is 0.353 e. The van der Waals surface area contributed by atoms with E-state index in [4.69, 9.17) is 4.74 Å². The van der Waals surface area contributed by atoms with Crippen LogP contribution >= 0.6 is 15.9 Å². The van der Waals surface area contributed by atoms with Crippen molar-refractivity contribution in [2.75, 3.05) is 0 Å². The van der Waals surface area contributed by atoms with Gasteiger partial charge in [0.2, 0.25) is 0 Å². The van der Waals surface area contributed by atoms with Crippen molar-refractivity contribution in [2.45, 2.75) is 38.8 Å². The van der Waals surface area contributed by atoms with Crippen molar-refractivity contribution in [3.63, 3.8) is 0 Å². The number of para-hydroxylation sites is 1. The van der Waals surface area contributed by atoms with Crippen LogP contribution in [0.25, 0.3) is 11.3 Å². The number of imidazole rings is 1. The molecule has 4 rings (SSSR count). The first kappa shape index (κ1) is 20.8. The van der Waals surface area contributed by atoms with Crippen molar-refractivity contribution in [1.82, 2.24) is 4.57 Å². The Hall–Kier alpha value is -1.92. The molecular weight excluding hydrogens is 484 g/mol. The Kier molecular flexibility index (Phi) is 7.08. The summed E-state index contributed by atoms with van der Waals surface area (Å²) < 4.78 is 11.0. The van der Waals surface area contributed by atoms with E-state index in [-0.39, 0.29) is 29.5 Å². The zero-order chi connectivity index (χ0) is 18.6. The topological polar surface area (TPSA) is 35.1 Å². The minimum atomic E-state index is -0.244. The molecule has 1 aliphatic heterocycles. The highest BCUT2D eigenvalue weighted by molar-refractivity contribution is 9.10. The third kappa shape index (κ3) is 4.73. The highest BCUT2D eigenvalue weighted by Gasteiger charge is 2.27. The average molecular weight is 506 g/mol. The van der Waals surface area contributed by atoms with E-state index in [0.29, 0.717) is 5.75 Å². The molecule has 0 N–H and O–H groups in total. The lowest BCUT2D eigenvalue weighted by Crippen LogP contribution is -3.00. The lowest BCUT2D eigenvalue weighted by Gasteiger charge is -2.04. The van der Waals surface area contributed by atoms with Crippen LogP contribution < -0.4 is 26.3 Å². The van der Waals surface area contributed by atoms with Gasteiger partial charge in [-0.05, 0) is 55.7 Å². The molecule has 1 aliphatic rings. The van der Waals surface area contributed by atoms with E-state index in [1.54, 1.807) is 12.1 Å². The highest BCUT2D eigenvalue weighted by atomic mass is 79.9. The predicted molar refractivity (Wildman–Crippen MR) is 107 cm³/mol. The Labute approximate surface area is 184 Å². The standard InChI is InChI=1S/C22H22BrN2O2.BrH/c23-18-12-10-17(11-13-18)20-15-24(21-9-5-2-6-14-25(20)21)16-22(26)27-19-7-3-1-4-8-19;/h1,3-4,7-8,10-13,15H,2,5-6,9,14,16H2;1H/q+1;/p-1. The maximum atomic E-state index is 12.5. The number of carbonyl (C=O) groups excluding carboxylic acids is 1. The Morgan fingerprint density at radius 1 is 1.04 bits per heavy atom. The minimum Gasteiger partial charge on any atom is -1.00 e. The molecule has 0 saturated carbocycles. The van der Waals surface area contributed by atoms with Gasteiger partial charge in [-0.2, -0.15) is 0 Å². The van der Waals surface area contributed by atoms with Gasteiger partial charge in [0.15, 0.2) is 12.2 Å². The Morgan fingerprint density at radius 2 is 1.79 bits per heavy atom. The summed E-state index contributed by atoms with van der Waals surface area (Å²) in [5.74, 6) is 1.54. The van der Waals surface area contributed by atoms with Gasteiger partial charge in [-0.1, -0.05) is 34.1 Å². The number of carbonyl (C=O) groups is 1. The van der Waals surface area contributed by atoms with E-state index in [0.717, 1.165) is 35.1 Å². The minimum absolute atomic E-state index is 0. The van der Waals surface area contributed by atoms with Crippen LogP contribution in [-0.2, 0) is 24.3 Å². The van der Waals surface area contributed by atoms with Gasteiger partial charge < -0.3 is 21.7 Å². The molecule has 6 heteroatoms. The number of esters is 1. The van der Waals surface area contributed by atoms with E-state index in [2.05, 4.69) is 55.5 Å². The molecule has 0 radical (unpaired) electrons. The maximum absolute atomic E-state index is 12.5. The molecule has 0 saturated heterocycles. The van der Waals surface area contributed by atoms with Gasteiger partial charge in [0, 0.05) is 16.5 Å². The zero-order valence-corrected chi connectivity index (χ0v) is 18.7. The fourth-order valence-electron chi connectivity index (χ4n) is 3.62. The molecule has 1 aromatic heterocycles. The molecule has 0 spiro atoms. The molecule has 0 bridgehead atoms. The number of aromatic nitrogens is 2. The second-order valence-corrected chi connectivity index (χ2v) is 7.73. The molecule has 2 aromatic carbocycles. The molecular formula is C22H22Br2N2O2. The molecule has 0 atom stereocenters. The first-order chi connectivity index (χ1) is 13.2. The van der Waals surface area contributed by atoms with Crippen LogP contribution in [0.4, 0.5) is 0 Å². The Morgan fingerprint density at radius 3 is 2.54 bits per heavy atom. The second-order valence-electron chi connectivity index (χ2n) is 6.81. The Bertz CT molecular complexity index is 937. The SMILES string of the molecule is O=C(C[n+]1cc(-c2ccc(Br)cc2)n2c1CCCCC2)Oc1ccccc1.[Br-]. The summed E-state index contributed by atoms with van der Waals surface area (Å²) in [6.07, 6.45) is 6.61. The van der Waals surface area contributed by atoms with Crippen LogP contribution in [0.1, 0.15) is 25.1 Å². The van der Waals surface area contributed by atoms with Gasteiger partial charge in [0.05, 0.1) is 6.54 Å². The summed E-state index contributed by atoms with van der Waals surface area (Å²) in [5.41, 5.74) is 2.32. The number of hydrogen-bond donors (Lipinski definition) is 0. The average Bonchev–Trinajstić information content (AvgIpc) is 2.85. The van der Waals surface area contributed by atoms with Crippen LogP contribution in [0.5, 0.6) is 5.75 Å². The molecule has 4 nitrogen and oxygen atoms in total. The van der Waals surface area contributed by atoms with Crippen LogP contribution in [0.3, 0.4) is 0 Å². The molecule has 28 heavy (non-hydrogen) atoms. The van der Waals surface area contributed by atoms with E-state index < -0.39 is 0 Å². The molecule has 0 fully saturated rings. The first-order valence-electron chi connectivity index (χ1n) is 9.34. The largest absolute Gasteiger partial charge is 1.00 e. The molecule has 0 aliphatic carbocycles. The van der Waals surface area contributed by atoms with Gasteiger partial charge in [-0.25, -0.2) is 13.9 Å². The summed E-state index contributed by atoms with van der Waals surface area (Å²) in [5, 5.41) is 0. The molecule has 3 aromatic rings. The van der Waals surface area contributed by atoms with E-state index >= 15 is 0 Å². The molecule has 0 unspecified atom stereocenters. The molecule has 0 amide bonds. The summed E-state index contributed by atoms with van der Waals surface area (Å²) in [7, 11) is 0. The Balaban J connectivity index is 0.00000225. The second kappa shape index (κ2) is 9.52. The van der Waals surface area contributed by atoms with E-state index in [9.17, 15) is 4.79 Å². The van der Waals surface area contributed by atoms with Gasteiger partial charge >= 0.3 is 5.97 Å². The zero-order valence-electron chi connectivity index (χ0n) is 15.5. The summed E-state index contributed by atoms with van der Waals surface area (Å²) >= 11 is 3.50. The number of hydrogen-bond acceptors (Lipinski definition) is 2. The number of ether oxygens (including phenoxy) is 1. The highest BCUT2D eigenvalue weighted by Crippen LogP contribution is 2.25. The number of rotatable bonds is 4. The normalized spacial score (nSPS) is 13.2. The van der Waals surface area contributed by atoms with Gasteiger partial charge in [-0.15, -0.1) is 0 Å². The van der Waals surface area contributed by atoms with Crippen LogP contribution in [-0.4, -0.2) is 10.5 Å². The summed E-state index contributed by atoms with van der Waals surface area (Å²) in [6, 6.07) is 17.6. The fourth-order valence-corrected chi connectivity index (χ4v) is 3.89. The van der Waals surface area contributed by atoms with E-state index in [1.807, 2.05) is 18.2 Å². The van der Waals surface area contributed by atoms with Crippen LogP contribution in [0, 0.1) is 0 Å². The van der Waals surface area contributed by atoms with Crippen LogP contribution in [0.15, 0.2) is 65.3 Å². The third-order valence-corrected chi connectivity index (χ3v) is 5.44. The molecule has 146 valence electrons. The number of nitrogens with zero attached hydrogens (tertiary/aromatic N) is 2. The van der Waals surface area contributed by atoms with Gasteiger partial charge in [-0.3, -0.25) is 0 Å². The van der Waals surface area contributed by atoms with Crippen molar-refractivity contribution in [2.24, 2.45) is 0 Å². The van der Waals surface area contributed by atoms with Crippen molar-refractivity contribution in [1.29, 1.82) is 0 Å². The van der Waals surface area contributed by atoms with E-state index in [1.165, 1.54) is 18.7 Å². The van der Waals surface area contributed by atoms with Gasteiger partial charge in [0.25, 0.3) is 5.82 Å². The van der Waals surface area contributed by atoms with Crippen molar-refractivity contribution in [3.8, 4) is 17.0 Å². The van der Waals surface area contributed by atoms with Crippen molar-refractivity contribution < 1.29 is 31.1 Å². The van der Waals surface area contributed by atoms with Gasteiger partial charge in [0.1, 0.15) is 11.9 Å². The summed E-state index contributed by atoms with van der Waals surface area (Å²) in [6.45, 7) is 1.21. The monoisotopic (exact) mass is 504 g/mol. The van der Waals surface area contributed by atoms with Crippen LogP contribution in [0.2, 0.25) is 0 Å². The number of benzene rings is 2. The lowest BCUT2D eigenvalue weighted by atomic mass is 10.1. The van der Waals surface area contributed by atoms with Crippen molar-refractivity contribution in [3.05, 3.63) is 71.1 Å². The first-order valence-corrected chi connectivity index (χ1v) is 10.1. The quantitative estimate of drug-likeness (QED) is 0.306. The summed E-state index contributed by atoms with van der Waals surface area (Å²) in [4.78, 5) is 12.5. The maximum Gasteiger partial charge on any atom is 0.353 e. The van der Waals surface area contributed by atoms with Crippen molar-refractivity contribution >= 4 is 21.9 Å². The third-order valence-electron chi connectivity index (χ3n) is 4.91. The fraction of sp³-hybridized carbons (Fsp3) is 0.273. The number of halogens is 2. The number of fused-ring (bicyclic) bond motifs is 1. The molecule has 2 heterocycles.